The first-order valence-corrected chi connectivity index (χ1v) is 14.7. The summed E-state index contributed by atoms with van der Waals surface area (Å²) < 4.78 is 12.8. The van der Waals surface area contributed by atoms with Gasteiger partial charge in [-0.2, -0.15) is 0 Å². The van der Waals surface area contributed by atoms with Crippen molar-refractivity contribution in [1.29, 1.82) is 0 Å². The van der Waals surface area contributed by atoms with Gasteiger partial charge in [-0.15, -0.1) is 0 Å². The Bertz CT molecular complexity index is 1800. The van der Waals surface area contributed by atoms with E-state index in [0.29, 0.717) is 31.9 Å². The van der Waals surface area contributed by atoms with E-state index in [1.54, 1.807) is 42.9 Å². The first kappa shape index (κ1) is 28.9. The standard InChI is InChI=1S/C33H33N3O5S/c1-5-35(6-2)24-16-13-23(26(37)20-24)19-27-31(38)36-30(22-14-17-25(40-4)18-15-22)28(32(39)41-7-3)29(34-33(36)42-27)21-11-9-8-10-12-21/h8-20,30,37H,5-7H2,1-4H3/b27-19-/t30-/m0/s1. The Morgan fingerprint density at radius 3 is 2.38 bits per heavy atom. The van der Waals surface area contributed by atoms with Gasteiger partial charge in [-0.25, -0.2) is 9.79 Å². The number of thiazole rings is 1. The number of phenolic OH excluding ortho intramolecular Hbond substituents is 1. The molecule has 1 aliphatic heterocycles. The van der Waals surface area contributed by atoms with Crippen LogP contribution in [-0.4, -0.2) is 42.4 Å². The largest absolute Gasteiger partial charge is 0.507 e. The number of carbonyl (C=O) groups excluding carboxylic acids is 1. The maximum absolute atomic E-state index is 14.1. The smallest absolute Gasteiger partial charge is 0.338 e. The molecule has 0 fully saturated rings. The zero-order chi connectivity index (χ0) is 29.8. The van der Waals surface area contributed by atoms with Gasteiger partial charge < -0.3 is 19.5 Å². The summed E-state index contributed by atoms with van der Waals surface area (Å²) in [6.07, 6.45) is 1.67. The number of aromatic hydroxyl groups is 1. The molecule has 4 aromatic rings. The number of rotatable bonds is 9. The van der Waals surface area contributed by atoms with Gasteiger partial charge in [-0.05, 0) is 56.7 Å². The van der Waals surface area contributed by atoms with Gasteiger partial charge >= 0.3 is 5.97 Å². The molecule has 5 rings (SSSR count). The Balaban J connectivity index is 1.75. The molecule has 0 amide bonds. The second-order valence-corrected chi connectivity index (χ2v) is 10.6. The molecule has 9 heteroatoms. The number of esters is 1. The summed E-state index contributed by atoms with van der Waals surface area (Å²) in [5.41, 5.74) is 3.28. The number of methoxy groups -OCH3 is 1. The molecule has 2 heterocycles. The molecule has 0 spiro atoms. The van der Waals surface area contributed by atoms with E-state index < -0.39 is 12.0 Å². The Morgan fingerprint density at radius 1 is 1.05 bits per heavy atom. The van der Waals surface area contributed by atoms with Crippen molar-refractivity contribution >= 4 is 34.8 Å². The van der Waals surface area contributed by atoms with Crippen molar-refractivity contribution in [2.24, 2.45) is 4.99 Å². The molecule has 0 bridgehead atoms. The van der Waals surface area contributed by atoms with Gasteiger partial charge in [-0.1, -0.05) is 53.8 Å². The highest BCUT2D eigenvalue weighted by Gasteiger charge is 2.35. The van der Waals surface area contributed by atoms with Gasteiger partial charge in [0.25, 0.3) is 5.56 Å². The third-order valence-corrected chi connectivity index (χ3v) is 8.22. The van der Waals surface area contributed by atoms with Crippen LogP contribution in [0.25, 0.3) is 11.8 Å². The molecule has 0 aliphatic carbocycles. The molecule has 0 unspecified atom stereocenters. The van der Waals surface area contributed by atoms with Crippen molar-refractivity contribution in [3.05, 3.63) is 115 Å². The van der Waals surface area contributed by atoms with Gasteiger partial charge in [0.15, 0.2) is 4.80 Å². The molecular formula is C33H33N3O5S. The quantitative estimate of drug-likeness (QED) is 0.292. The molecule has 216 valence electrons. The van der Waals surface area contributed by atoms with Gasteiger partial charge in [-0.3, -0.25) is 9.36 Å². The van der Waals surface area contributed by atoms with E-state index in [9.17, 15) is 14.7 Å². The number of ether oxygens (including phenoxy) is 2. The third-order valence-electron chi connectivity index (χ3n) is 7.23. The van der Waals surface area contributed by atoms with Gasteiger partial charge in [0.05, 0.1) is 35.6 Å². The number of carbonyl (C=O) groups is 1. The van der Waals surface area contributed by atoms with Gasteiger partial charge in [0.2, 0.25) is 0 Å². The molecule has 42 heavy (non-hydrogen) atoms. The topological polar surface area (TPSA) is 93.4 Å². The fraction of sp³-hybridized carbons (Fsp3) is 0.242. The van der Waals surface area contributed by atoms with Crippen molar-refractivity contribution in [3.63, 3.8) is 0 Å². The van der Waals surface area contributed by atoms with E-state index in [2.05, 4.69) is 18.7 Å². The van der Waals surface area contributed by atoms with Crippen molar-refractivity contribution in [2.75, 3.05) is 31.7 Å². The maximum Gasteiger partial charge on any atom is 0.338 e. The molecule has 1 N–H and O–H groups in total. The van der Waals surface area contributed by atoms with Crippen LogP contribution in [0.5, 0.6) is 11.5 Å². The minimum atomic E-state index is -0.790. The summed E-state index contributed by atoms with van der Waals surface area (Å²) in [5, 5.41) is 10.9. The Kier molecular flexibility index (Phi) is 8.59. The van der Waals surface area contributed by atoms with Crippen LogP contribution >= 0.6 is 11.3 Å². The first-order chi connectivity index (χ1) is 20.4. The number of aromatic nitrogens is 1. The number of fused-ring (bicyclic) bond motifs is 1. The number of phenols is 1. The van der Waals surface area contributed by atoms with Gasteiger partial charge in [0.1, 0.15) is 11.5 Å². The lowest BCUT2D eigenvalue weighted by Gasteiger charge is -2.26. The van der Waals surface area contributed by atoms with E-state index in [-0.39, 0.29) is 23.5 Å². The fourth-order valence-corrected chi connectivity index (χ4v) is 6.11. The van der Waals surface area contributed by atoms with Crippen LogP contribution in [0.15, 0.2) is 88.2 Å². The lowest BCUT2D eigenvalue weighted by molar-refractivity contribution is -0.138. The zero-order valence-electron chi connectivity index (χ0n) is 24.0. The number of hydrogen-bond donors (Lipinski definition) is 1. The van der Waals surface area contributed by atoms with Gasteiger partial charge in [0, 0.05) is 36.0 Å². The Hall–Kier alpha value is -4.63. The summed E-state index contributed by atoms with van der Waals surface area (Å²) in [7, 11) is 1.58. The number of benzene rings is 3. The number of anilines is 1. The number of nitrogens with zero attached hydrogens (tertiary/aromatic N) is 3. The van der Waals surface area contributed by atoms with E-state index in [4.69, 9.17) is 14.5 Å². The fourth-order valence-electron chi connectivity index (χ4n) is 5.12. The SMILES string of the molecule is CCOC(=O)C1=C(c2ccccc2)N=c2s/c(=C\c3ccc(N(CC)CC)cc3O)c(=O)n2[C@H]1c1ccc(OC)cc1. The van der Waals surface area contributed by atoms with Crippen LogP contribution in [-0.2, 0) is 9.53 Å². The van der Waals surface area contributed by atoms with E-state index in [1.807, 2.05) is 54.6 Å². The zero-order valence-corrected chi connectivity index (χ0v) is 24.9. The molecule has 1 atom stereocenters. The summed E-state index contributed by atoms with van der Waals surface area (Å²) in [5.74, 6) is 0.189. The maximum atomic E-state index is 14.1. The molecule has 0 radical (unpaired) electrons. The van der Waals surface area contributed by atoms with E-state index >= 15 is 0 Å². The number of hydrogen-bond acceptors (Lipinski definition) is 8. The van der Waals surface area contributed by atoms with Crippen LogP contribution in [0.3, 0.4) is 0 Å². The second-order valence-electron chi connectivity index (χ2n) is 9.62. The normalized spacial score (nSPS) is 14.8. The molecule has 3 aromatic carbocycles. The minimum absolute atomic E-state index is 0.0779. The second kappa shape index (κ2) is 12.5. The van der Waals surface area contributed by atoms with Crippen molar-refractivity contribution < 1.29 is 19.4 Å². The summed E-state index contributed by atoms with van der Waals surface area (Å²) in [4.78, 5) is 35.1. The third kappa shape index (κ3) is 5.47. The predicted octanol–water partition coefficient (Wildman–Crippen LogP) is 4.50. The molecule has 1 aromatic heterocycles. The minimum Gasteiger partial charge on any atom is -0.507 e. The van der Waals surface area contributed by atoms with Crippen LogP contribution in [0.1, 0.15) is 43.5 Å². The highest BCUT2D eigenvalue weighted by atomic mass is 32.1. The first-order valence-electron chi connectivity index (χ1n) is 13.9. The van der Waals surface area contributed by atoms with Crippen LogP contribution in [0.2, 0.25) is 0 Å². The van der Waals surface area contributed by atoms with E-state index in [1.165, 1.54) is 11.3 Å². The Morgan fingerprint density at radius 2 is 1.76 bits per heavy atom. The highest BCUT2D eigenvalue weighted by Crippen LogP contribution is 2.35. The van der Waals surface area contributed by atoms with E-state index in [0.717, 1.165) is 24.3 Å². The predicted molar refractivity (Wildman–Crippen MR) is 166 cm³/mol. The van der Waals surface area contributed by atoms with Crippen LogP contribution in [0.4, 0.5) is 5.69 Å². The molecule has 1 aliphatic rings. The molecule has 8 nitrogen and oxygen atoms in total. The van der Waals surface area contributed by atoms with Crippen LogP contribution < -0.4 is 24.5 Å². The lowest BCUT2D eigenvalue weighted by atomic mass is 9.93. The Labute approximate surface area is 248 Å². The average molecular weight is 584 g/mol. The molecule has 0 saturated heterocycles. The van der Waals surface area contributed by atoms with Crippen molar-refractivity contribution in [1.82, 2.24) is 4.57 Å². The van der Waals surface area contributed by atoms with Crippen molar-refractivity contribution in [3.8, 4) is 11.5 Å². The summed E-state index contributed by atoms with van der Waals surface area (Å²) in [6, 6.07) is 21.3. The van der Waals surface area contributed by atoms with Crippen LogP contribution in [0, 0.1) is 0 Å². The summed E-state index contributed by atoms with van der Waals surface area (Å²) in [6.45, 7) is 7.66. The average Bonchev–Trinajstić information content (AvgIpc) is 3.33. The molecule has 0 saturated carbocycles. The monoisotopic (exact) mass is 583 g/mol. The van der Waals surface area contributed by atoms with Crippen molar-refractivity contribution in [2.45, 2.75) is 26.8 Å². The highest BCUT2D eigenvalue weighted by molar-refractivity contribution is 7.07. The lowest BCUT2D eigenvalue weighted by Crippen LogP contribution is -2.40. The molecular weight excluding hydrogens is 550 g/mol. The summed E-state index contributed by atoms with van der Waals surface area (Å²) >= 11 is 1.21.